The zero-order valence-electron chi connectivity index (χ0n) is 19.5. The third-order valence-electron chi connectivity index (χ3n) is 6.35. The minimum Gasteiger partial charge on any atom is -0.439 e. The SMILES string of the molecule is O=C(C1=C(Nc2ccccc2)Oc2c(c(=O)oc3ccccc23)C1c1ccccc1)c1ccccc1Cl. The predicted molar refractivity (Wildman–Crippen MR) is 144 cm³/mol. The van der Waals surface area contributed by atoms with E-state index in [0.717, 1.165) is 11.3 Å². The molecule has 180 valence electrons. The Balaban J connectivity index is 1.67. The van der Waals surface area contributed by atoms with Gasteiger partial charge in [-0.05, 0) is 42.0 Å². The van der Waals surface area contributed by atoms with Crippen molar-refractivity contribution in [2.45, 2.75) is 5.92 Å². The van der Waals surface area contributed by atoms with Gasteiger partial charge in [0.25, 0.3) is 0 Å². The summed E-state index contributed by atoms with van der Waals surface area (Å²) in [5.74, 6) is -0.528. The minimum atomic E-state index is -0.763. The normalized spacial score (nSPS) is 14.7. The molecule has 6 heteroatoms. The zero-order chi connectivity index (χ0) is 25.4. The van der Waals surface area contributed by atoms with E-state index in [2.05, 4.69) is 5.32 Å². The third kappa shape index (κ3) is 4.09. The molecule has 1 atom stereocenters. The highest BCUT2D eigenvalue weighted by Crippen LogP contribution is 2.46. The number of carbonyl (C=O) groups excluding carboxylic acids is 1. The summed E-state index contributed by atoms with van der Waals surface area (Å²) in [6.07, 6.45) is 0. The van der Waals surface area contributed by atoms with Gasteiger partial charge in [-0.1, -0.05) is 84.4 Å². The number of benzene rings is 4. The number of halogens is 1. The molecule has 0 aliphatic carbocycles. The van der Waals surface area contributed by atoms with Gasteiger partial charge in [0, 0.05) is 11.3 Å². The standard InChI is InChI=1S/C31H20ClNO4/c32-23-17-9-7-15-21(23)28(34)26-25(19-11-3-1-4-12-19)27-29(22-16-8-10-18-24(22)36-31(27)35)37-30(26)33-20-13-5-2-6-14-20/h1-18,25,33H. The van der Waals surface area contributed by atoms with Crippen molar-refractivity contribution in [3.8, 4) is 5.75 Å². The van der Waals surface area contributed by atoms with Crippen LogP contribution in [0, 0.1) is 0 Å². The molecule has 5 aromatic rings. The summed E-state index contributed by atoms with van der Waals surface area (Å²) in [5, 5.41) is 4.23. The van der Waals surface area contributed by atoms with E-state index in [4.69, 9.17) is 20.8 Å². The van der Waals surface area contributed by atoms with Crippen molar-refractivity contribution in [1.82, 2.24) is 0 Å². The topological polar surface area (TPSA) is 68.5 Å². The van der Waals surface area contributed by atoms with Gasteiger partial charge in [0.15, 0.2) is 11.5 Å². The molecule has 1 unspecified atom stereocenters. The number of allylic oxidation sites excluding steroid dienone is 1. The number of ketones is 1. The largest absolute Gasteiger partial charge is 0.439 e. The van der Waals surface area contributed by atoms with Crippen LogP contribution in [-0.4, -0.2) is 5.78 Å². The fourth-order valence-corrected chi connectivity index (χ4v) is 4.90. The molecule has 0 saturated carbocycles. The molecular weight excluding hydrogens is 486 g/mol. The van der Waals surface area contributed by atoms with Gasteiger partial charge in [-0.25, -0.2) is 4.79 Å². The number of anilines is 1. The van der Waals surface area contributed by atoms with Gasteiger partial charge in [0.2, 0.25) is 5.88 Å². The number of hydrogen-bond donors (Lipinski definition) is 1. The Kier molecular flexibility index (Phi) is 5.83. The number of ether oxygens (including phenoxy) is 1. The molecular formula is C31H20ClNO4. The monoisotopic (exact) mass is 505 g/mol. The second kappa shape index (κ2) is 9.45. The lowest BCUT2D eigenvalue weighted by Crippen LogP contribution is -2.30. The molecule has 1 aromatic heterocycles. The summed E-state index contributed by atoms with van der Waals surface area (Å²) in [5.41, 5.74) is 2.15. The highest BCUT2D eigenvalue weighted by molar-refractivity contribution is 6.35. The maximum absolute atomic E-state index is 14.2. The summed E-state index contributed by atoms with van der Waals surface area (Å²) in [7, 11) is 0. The Labute approximate surface area is 217 Å². The van der Waals surface area contributed by atoms with Gasteiger partial charge in [-0.15, -0.1) is 0 Å². The van der Waals surface area contributed by atoms with E-state index in [1.54, 1.807) is 36.4 Å². The first-order valence-corrected chi connectivity index (χ1v) is 12.1. The van der Waals surface area contributed by atoms with E-state index in [1.165, 1.54) is 0 Å². The van der Waals surface area contributed by atoms with Crippen LogP contribution in [0.15, 0.2) is 130 Å². The van der Waals surface area contributed by atoms with Crippen molar-refractivity contribution < 1.29 is 13.9 Å². The molecule has 37 heavy (non-hydrogen) atoms. The summed E-state index contributed by atoms with van der Waals surface area (Å²) in [4.78, 5) is 27.7. The number of Topliss-reactive ketones (excluding diaryl/α,β-unsaturated/α-hetero) is 1. The second-order valence-corrected chi connectivity index (χ2v) is 9.02. The number of para-hydroxylation sites is 2. The van der Waals surface area contributed by atoms with Crippen molar-refractivity contribution in [2.24, 2.45) is 0 Å². The van der Waals surface area contributed by atoms with Crippen LogP contribution < -0.4 is 15.7 Å². The summed E-state index contributed by atoms with van der Waals surface area (Å²) < 4.78 is 12.1. The summed E-state index contributed by atoms with van der Waals surface area (Å²) >= 11 is 6.46. The smallest absolute Gasteiger partial charge is 0.344 e. The maximum atomic E-state index is 14.2. The molecule has 0 amide bonds. The fraction of sp³-hybridized carbons (Fsp3) is 0.0323. The number of rotatable bonds is 5. The molecule has 0 spiro atoms. The number of nitrogens with one attached hydrogen (secondary N) is 1. The van der Waals surface area contributed by atoms with Crippen LogP contribution in [0.1, 0.15) is 27.4 Å². The number of carbonyl (C=O) groups is 1. The summed E-state index contributed by atoms with van der Waals surface area (Å²) in [6, 6.07) is 32.8. The Hall–Kier alpha value is -4.61. The molecule has 1 aliphatic heterocycles. The van der Waals surface area contributed by atoms with Gasteiger partial charge in [0.1, 0.15) is 5.58 Å². The van der Waals surface area contributed by atoms with Crippen LogP contribution in [0.5, 0.6) is 5.75 Å². The van der Waals surface area contributed by atoms with Crippen molar-refractivity contribution in [3.63, 3.8) is 0 Å². The van der Waals surface area contributed by atoms with Gasteiger partial charge >= 0.3 is 5.63 Å². The van der Waals surface area contributed by atoms with Crippen LogP contribution in [-0.2, 0) is 0 Å². The second-order valence-electron chi connectivity index (χ2n) is 8.62. The van der Waals surface area contributed by atoms with Crippen molar-refractivity contribution in [2.75, 3.05) is 5.32 Å². The quantitative estimate of drug-likeness (QED) is 0.202. The van der Waals surface area contributed by atoms with E-state index in [9.17, 15) is 9.59 Å². The molecule has 5 nitrogen and oxygen atoms in total. The third-order valence-corrected chi connectivity index (χ3v) is 6.68. The van der Waals surface area contributed by atoms with E-state index in [1.807, 2.05) is 72.8 Å². The minimum absolute atomic E-state index is 0.230. The average molecular weight is 506 g/mol. The van der Waals surface area contributed by atoms with E-state index in [-0.39, 0.29) is 22.8 Å². The maximum Gasteiger partial charge on any atom is 0.344 e. The lowest BCUT2D eigenvalue weighted by atomic mass is 9.80. The molecule has 0 bridgehead atoms. The van der Waals surface area contributed by atoms with Crippen LogP contribution >= 0.6 is 11.6 Å². The van der Waals surface area contributed by atoms with Crippen LogP contribution in [0.25, 0.3) is 11.0 Å². The molecule has 0 radical (unpaired) electrons. The first-order chi connectivity index (χ1) is 18.1. The molecule has 6 rings (SSSR count). The van der Waals surface area contributed by atoms with Crippen LogP contribution in [0.4, 0.5) is 5.69 Å². The molecule has 0 saturated heterocycles. The van der Waals surface area contributed by atoms with Gasteiger partial charge in [0.05, 0.1) is 27.5 Å². The van der Waals surface area contributed by atoms with Crippen molar-refractivity contribution in [1.29, 1.82) is 0 Å². The molecule has 1 N–H and O–H groups in total. The molecule has 1 aliphatic rings. The van der Waals surface area contributed by atoms with Crippen molar-refractivity contribution >= 4 is 34.0 Å². The highest BCUT2D eigenvalue weighted by atomic mass is 35.5. The van der Waals surface area contributed by atoms with E-state index >= 15 is 0 Å². The molecule has 2 heterocycles. The number of fused-ring (bicyclic) bond motifs is 3. The van der Waals surface area contributed by atoms with Crippen molar-refractivity contribution in [3.05, 3.63) is 153 Å². The zero-order valence-corrected chi connectivity index (χ0v) is 20.2. The van der Waals surface area contributed by atoms with Gasteiger partial charge in [-0.2, -0.15) is 0 Å². The van der Waals surface area contributed by atoms with Gasteiger partial charge < -0.3 is 14.5 Å². The lowest BCUT2D eigenvalue weighted by molar-refractivity contribution is 0.102. The van der Waals surface area contributed by atoms with Crippen LogP contribution in [0.2, 0.25) is 5.02 Å². The Bertz CT molecular complexity index is 1730. The fourth-order valence-electron chi connectivity index (χ4n) is 4.68. The molecule has 4 aromatic carbocycles. The van der Waals surface area contributed by atoms with Gasteiger partial charge in [-0.3, -0.25) is 4.79 Å². The highest BCUT2D eigenvalue weighted by Gasteiger charge is 2.40. The van der Waals surface area contributed by atoms with Crippen LogP contribution in [0.3, 0.4) is 0 Å². The molecule has 0 fully saturated rings. The first-order valence-electron chi connectivity index (χ1n) is 11.8. The first kappa shape index (κ1) is 22.8. The Morgan fingerprint density at radius 2 is 1.43 bits per heavy atom. The average Bonchev–Trinajstić information content (AvgIpc) is 2.93. The Morgan fingerprint density at radius 3 is 2.19 bits per heavy atom. The lowest BCUT2D eigenvalue weighted by Gasteiger charge is -2.30. The predicted octanol–water partition coefficient (Wildman–Crippen LogP) is 7.18. The van der Waals surface area contributed by atoms with E-state index in [0.29, 0.717) is 27.3 Å². The number of hydrogen-bond acceptors (Lipinski definition) is 5. The van der Waals surface area contributed by atoms with E-state index < -0.39 is 11.5 Å². The summed E-state index contributed by atoms with van der Waals surface area (Å²) in [6.45, 7) is 0. The Morgan fingerprint density at radius 1 is 0.784 bits per heavy atom.